The highest BCUT2D eigenvalue weighted by atomic mass is 32.1. The monoisotopic (exact) mass is 486 g/mol. The fourth-order valence-electron chi connectivity index (χ4n) is 4.53. The molecule has 3 aromatic carbocycles. The molecule has 2 aromatic heterocycles. The van der Waals surface area contributed by atoms with Crippen molar-refractivity contribution in [3.8, 4) is 39.4 Å². The van der Waals surface area contributed by atoms with E-state index in [9.17, 15) is 4.79 Å². The lowest BCUT2D eigenvalue weighted by atomic mass is 9.87. The molecule has 36 heavy (non-hydrogen) atoms. The largest absolute Gasteiger partial charge is 0.484 e. The van der Waals surface area contributed by atoms with Crippen LogP contribution in [0.25, 0.3) is 45.8 Å². The van der Waals surface area contributed by atoms with Gasteiger partial charge in [0.1, 0.15) is 11.9 Å². The van der Waals surface area contributed by atoms with Crippen LogP contribution >= 0.6 is 11.3 Å². The van der Waals surface area contributed by atoms with Crippen LogP contribution in [0.4, 0.5) is 0 Å². The molecule has 0 fully saturated rings. The van der Waals surface area contributed by atoms with Gasteiger partial charge in [-0.05, 0) is 24.3 Å². The van der Waals surface area contributed by atoms with Crippen molar-refractivity contribution >= 4 is 29.3 Å². The summed E-state index contributed by atoms with van der Waals surface area (Å²) in [6.45, 7) is 0. The summed E-state index contributed by atoms with van der Waals surface area (Å²) in [6, 6.07) is 27.1. The van der Waals surface area contributed by atoms with Crippen molar-refractivity contribution < 1.29 is 9.53 Å². The Balaban J connectivity index is 1.36. The van der Waals surface area contributed by atoms with Gasteiger partial charge in [0, 0.05) is 11.1 Å². The molecular weight excluding hydrogens is 468 g/mol. The highest BCUT2D eigenvalue weighted by molar-refractivity contribution is 7.12. The van der Waals surface area contributed by atoms with Crippen LogP contribution in [-0.4, -0.2) is 31.8 Å². The first-order valence-corrected chi connectivity index (χ1v) is 12.4. The zero-order valence-electron chi connectivity index (χ0n) is 18.9. The number of fused-ring (bicyclic) bond motifs is 3. The maximum absolute atomic E-state index is 13.2. The normalized spacial score (nSPS) is 17.6. The lowest BCUT2D eigenvalue weighted by Gasteiger charge is -2.29. The molecule has 7 rings (SSSR count). The average Bonchev–Trinajstić information content (AvgIpc) is 3.36. The van der Waals surface area contributed by atoms with Gasteiger partial charge in [-0.3, -0.25) is 4.79 Å². The molecule has 0 radical (unpaired) electrons. The van der Waals surface area contributed by atoms with Crippen molar-refractivity contribution in [1.82, 2.24) is 19.9 Å². The fourth-order valence-corrected chi connectivity index (χ4v) is 5.49. The van der Waals surface area contributed by atoms with Crippen molar-refractivity contribution in [2.45, 2.75) is 6.10 Å². The molecular formula is C29H18N4O2S. The van der Waals surface area contributed by atoms with Crippen LogP contribution in [0.15, 0.2) is 84.9 Å². The Morgan fingerprint density at radius 2 is 1.28 bits per heavy atom. The van der Waals surface area contributed by atoms with E-state index in [4.69, 9.17) is 24.7 Å². The number of benzene rings is 3. The van der Waals surface area contributed by atoms with Gasteiger partial charge >= 0.3 is 0 Å². The minimum Gasteiger partial charge on any atom is -0.484 e. The molecule has 172 valence electrons. The molecule has 7 heteroatoms. The summed E-state index contributed by atoms with van der Waals surface area (Å²) in [7, 11) is 0. The minimum atomic E-state index is -0.402. The Morgan fingerprint density at radius 3 is 1.97 bits per heavy atom. The molecule has 0 saturated heterocycles. The number of carbonyl (C=O) groups excluding carboxylic acids is 1. The lowest BCUT2D eigenvalue weighted by Crippen LogP contribution is -2.42. The van der Waals surface area contributed by atoms with E-state index in [0.29, 0.717) is 33.8 Å². The molecule has 2 atom stereocenters. The number of thiazole rings is 1. The Kier molecular flexibility index (Phi) is 4.82. The van der Waals surface area contributed by atoms with Gasteiger partial charge in [-0.15, -0.1) is 11.3 Å². The van der Waals surface area contributed by atoms with E-state index >= 15 is 0 Å². The predicted octanol–water partition coefficient (Wildman–Crippen LogP) is 4.16. The number of Topliss-reactive ketones (excluding diaryl/α,β-unsaturated/α-hetero) is 1. The first-order valence-electron chi connectivity index (χ1n) is 11.6. The first-order chi connectivity index (χ1) is 17.7. The predicted molar refractivity (Wildman–Crippen MR) is 139 cm³/mol. The number of aromatic nitrogens is 4. The van der Waals surface area contributed by atoms with Gasteiger partial charge in [0.2, 0.25) is 0 Å². The molecule has 0 saturated carbocycles. The molecule has 1 aliphatic heterocycles. The number of para-hydroxylation sites is 1. The maximum Gasteiger partial charge on any atom is 0.192 e. The zero-order valence-corrected chi connectivity index (χ0v) is 19.7. The summed E-state index contributed by atoms with van der Waals surface area (Å²) in [5.74, 6) is 1.95. The Hall–Kier alpha value is -4.49. The van der Waals surface area contributed by atoms with Crippen molar-refractivity contribution in [3.63, 3.8) is 0 Å². The number of rotatable bonds is 3. The van der Waals surface area contributed by atoms with Crippen LogP contribution in [0.1, 0.15) is 10.4 Å². The summed E-state index contributed by atoms with van der Waals surface area (Å²) in [5, 5.41) is 1.43. The summed E-state index contributed by atoms with van der Waals surface area (Å²) < 4.78 is 7.11. The van der Waals surface area contributed by atoms with Crippen LogP contribution in [0.2, 0.25) is 0 Å². The number of carbonyl (C=O) groups is 1. The maximum atomic E-state index is 13.2. The molecule has 0 spiro atoms. The highest BCUT2D eigenvalue weighted by Crippen LogP contribution is 2.33. The van der Waals surface area contributed by atoms with E-state index in [2.05, 4.69) is 0 Å². The second kappa shape index (κ2) is 8.32. The Morgan fingerprint density at radius 1 is 0.667 bits per heavy atom. The summed E-state index contributed by atoms with van der Waals surface area (Å²) in [5.41, 5.74) is 2.42. The standard InChI is InChI=1S/C29H18N4O2S/c34-25-19-13-7-8-14-22(19)35-23-16-24-21(15-20(23)25)30-29(36-24)28-32-26(17-9-3-1-4-10-17)31-27(33-28)18-11-5-2-6-12-18/h1-16,20,23H. The SMILES string of the molecule is O=C1c2ccccc2OC2C=c3sc(-c4nc(-c5ccccc5)nc(-c5ccccc5)n4)nc3=CC12. The van der Waals surface area contributed by atoms with E-state index in [1.165, 1.54) is 11.3 Å². The van der Waals surface area contributed by atoms with Gasteiger partial charge in [0.05, 0.1) is 21.4 Å². The average molecular weight is 487 g/mol. The van der Waals surface area contributed by atoms with E-state index in [1.807, 2.05) is 97.1 Å². The molecule has 2 unspecified atom stereocenters. The van der Waals surface area contributed by atoms with Gasteiger partial charge in [0.15, 0.2) is 28.3 Å². The quantitative estimate of drug-likeness (QED) is 0.381. The molecule has 0 amide bonds. The zero-order chi connectivity index (χ0) is 24.1. The van der Waals surface area contributed by atoms with Gasteiger partial charge < -0.3 is 4.74 Å². The third kappa shape index (κ3) is 3.52. The molecule has 2 aliphatic rings. The van der Waals surface area contributed by atoms with E-state index in [1.54, 1.807) is 0 Å². The smallest absolute Gasteiger partial charge is 0.192 e. The third-order valence-electron chi connectivity index (χ3n) is 6.30. The summed E-state index contributed by atoms with van der Waals surface area (Å²) in [4.78, 5) is 32.3. The first kappa shape index (κ1) is 20.8. The summed E-state index contributed by atoms with van der Waals surface area (Å²) >= 11 is 1.49. The van der Waals surface area contributed by atoms with Crippen LogP contribution in [0.5, 0.6) is 5.75 Å². The number of nitrogens with zero attached hydrogens (tertiary/aromatic N) is 4. The van der Waals surface area contributed by atoms with E-state index in [0.717, 1.165) is 21.0 Å². The van der Waals surface area contributed by atoms with Gasteiger partial charge in [0.25, 0.3) is 0 Å². The van der Waals surface area contributed by atoms with Crippen LogP contribution < -0.4 is 14.6 Å². The Bertz CT molecular complexity index is 1690. The fraction of sp³-hybridized carbons (Fsp3) is 0.0690. The molecule has 0 N–H and O–H groups in total. The topological polar surface area (TPSA) is 77.9 Å². The number of hydrogen-bond acceptors (Lipinski definition) is 7. The van der Waals surface area contributed by atoms with Gasteiger partial charge in [-0.1, -0.05) is 72.8 Å². The van der Waals surface area contributed by atoms with Crippen molar-refractivity contribution in [1.29, 1.82) is 0 Å². The number of ketones is 1. The molecule has 3 heterocycles. The van der Waals surface area contributed by atoms with Gasteiger partial charge in [-0.25, -0.2) is 19.9 Å². The van der Waals surface area contributed by atoms with Crippen LogP contribution in [0.3, 0.4) is 0 Å². The second-order valence-corrected chi connectivity index (χ2v) is 9.64. The lowest BCUT2D eigenvalue weighted by molar-refractivity contribution is 0.0838. The molecule has 5 aromatic rings. The van der Waals surface area contributed by atoms with Gasteiger partial charge in [-0.2, -0.15) is 0 Å². The number of hydrogen-bond donors (Lipinski definition) is 0. The number of ether oxygens (including phenoxy) is 1. The van der Waals surface area contributed by atoms with E-state index in [-0.39, 0.29) is 11.9 Å². The van der Waals surface area contributed by atoms with Crippen LogP contribution in [-0.2, 0) is 0 Å². The Labute approximate surface area is 210 Å². The van der Waals surface area contributed by atoms with Crippen LogP contribution in [0, 0.1) is 5.92 Å². The minimum absolute atomic E-state index is 0.0520. The van der Waals surface area contributed by atoms with Crippen molar-refractivity contribution in [2.75, 3.05) is 0 Å². The molecule has 0 bridgehead atoms. The van der Waals surface area contributed by atoms with Crippen molar-refractivity contribution in [3.05, 3.63) is 100 Å². The highest BCUT2D eigenvalue weighted by Gasteiger charge is 2.36. The van der Waals surface area contributed by atoms with E-state index < -0.39 is 5.92 Å². The molecule has 6 nitrogen and oxygen atoms in total. The third-order valence-corrected chi connectivity index (χ3v) is 7.33. The van der Waals surface area contributed by atoms with Crippen molar-refractivity contribution in [2.24, 2.45) is 5.92 Å². The second-order valence-electron chi connectivity index (χ2n) is 8.61. The summed E-state index contributed by atoms with van der Waals surface area (Å²) in [6.07, 6.45) is 3.55. The molecule has 1 aliphatic carbocycles.